The monoisotopic (exact) mass is 382 g/mol. The quantitative estimate of drug-likeness (QED) is 0.710. The van der Waals surface area contributed by atoms with E-state index >= 15 is 0 Å². The molecule has 0 aliphatic heterocycles. The molecule has 2 aromatic rings. The second-order valence-corrected chi connectivity index (χ2v) is 6.99. The van der Waals surface area contributed by atoms with E-state index in [-0.39, 0.29) is 58.8 Å². The number of rotatable bonds is 3. The van der Waals surface area contributed by atoms with Gasteiger partial charge in [0.05, 0.1) is 25.3 Å². The highest BCUT2D eigenvalue weighted by atomic mass is 16.5. The van der Waals surface area contributed by atoms with Gasteiger partial charge < -0.3 is 19.7 Å². The zero-order valence-electron chi connectivity index (χ0n) is 15.4. The van der Waals surface area contributed by atoms with Crippen molar-refractivity contribution in [1.29, 1.82) is 0 Å². The first-order valence-corrected chi connectivity index (χ1v) is 8.78. The SMILES string of the molecule is COc1c2c(c(OC)c3c1C(=O)c1ccccc1C3=O)CC(O)(C(=O)O)CC2. The van der Waals surface area contributed by atoms with Crippen LogP contribution in [-0.2, 0) is 17.6 Å². The minimum atomic E-state index is -1.97. The lowest BCUT2D eigenvalue weighted by Crippen LogP contribution is -2.44. The predicted octanol–water partition coefficient (Wildman–Crippen LogP) is 1.78. The van der Waals surface area contributed by atoms with Crippen LogP contribution in [0.4, 0.5) is 0 Å². The van der Waals surface area contributed by atoms with Gasteiger partial charge in [-0.25, -0.2) is 4.79 Å². The standard InChI is InChI=1S/C21H18O7/c1-27-18-12-7-8-21(26,20(24)25)9-13(12)19(28-2)15-14(18)16(22)10-5-3-4-6-11(10)17(15)23/h3-6,26H,7-9H2,1-2H3,(H,24,25). The van der Waals surface area contributed by atoms with Gasteiger partial charge in [0, 0.05) is 28.7 Å². The summed E-state index contributed by atoms with van der Waals surface area (Å²) in [5.41, 5.74) is -0.278. The number of benzene rings is 2. The maximum absolute atomic E-state index is 13.2. The fourth-order valence-electron chi connectivity index (χ4n) is 4.18. The fourth-order valence-corrected chi connectivity index (χ4v) is 4.18. The van der Waals surface area contributed by atoms with E-state index in [1.165, 1.54) is 14.2 Å². The smallest absolute Gasteiger partial charge is 0.336 e. The lowest BCUT2D eigenvalue weighted by Gasteiger charge is -2.34. The molecule has 1 atom stereocenters. The van der Waals surface area contributed by atoms with E-state index in [0.717, 1.165) is 0 Å². The van der Waals surface area contributed by atoms with Crippen molar-refractivity contribution in [3.8, 4) is 11.5 Å². The lowest BCUT2D eigenvalue weighted by atomic mass is 9.74. The Morgan fingerprint density at radius 2 is 1.46 bits per heavy atom. The highest BCUT2D eigenvalue weighted by Gasteiger charge is 2.45. The zero-order chi connectivity index (χ0) is 20.2. The minimum Gasteiger partial charge on any atom is -0.496 e. The molecule has 0 heterocycles. The molecule has 2 aromatic carbocycles. The van der Waals surface area contributed by atoms with E-state index in [9.17, 15) is 24.6 Å². The molecule has 0 aromatic heterocycles. The topological polar surface area (TPSA) is 110 Å². The van der Waals surface area contributed by atoms with Crippen molar-refractivity contribution in [3.05, 3.63) is 57.6 Å². The van der Waals surface area contributed by atoms with Crippen LogP contribution in [-0.4, -0.2) is 47.6 Å². The van der Waals surface area contributed by atoms with Gasteiger partial charge in [0.1, 0.15) is 11.5 Å². The van der Waals surface area contributed by atoms with E-state index in [0.29, 0.717) is 11.1 Å². The number of carbonyl (C=O) groups is 3. The summed E-state index contributed by atoms with van der Waals surface area (Å²) in [7, 11) is 2.76. The van der Waals surface area contributed by atoms with Crippen LogP contribution in [0.3, 0.4) is 0 Å². The highest BCUT2D eigenvalue weighted by Crippen LogP contribution is 2.47. The van der Waals surface area contributed by atoms with Crippen molar-refractivity contribution in [2.45, 2.75) is 24.9 Å². The molecule has 144 valence electrons. The summed E-state index contributed by atoms with van der Waals surface area (Å²) in [6.07, 6.45) is -0.103. The maximum Gasteiger partial charge on any atom is 0.336 e. The number of ketones is 2. The third-order valence-corrected chi connectivity index (χ3v) is 5.55. The number of hydrogen-bond acceptors (Lipinski definition) is 6. The lowest BCUT2D eigenvalue weighted by molar-refractivity contribution is -0.159. The molecule has 2 N–H and O–H groups in total. The van der Waals surface area contributed by atoms with Crippen molar-refractivity contribution in [2.75, 3.05) is 14.2 Å². The van der Waals surface area contributed by atoms with Crippen LogP contribution < -0.4 is 9.47 Å². The van der Waals surface area contributed by atoms with Gasteiger partial charge in [-0.3, -0.25) is 9.59 Å². The molecule has 0 amide bonds. The summed E-state index contributed by atoms with van der Waals surface area (Å²) in [5.74, 6) is -1.72. The van der Waals surface area contributed by atoms with Gasteiger partial charge in [-0.2, -0.15) is 0 Å². The number of hydrogen-bond donors (Lipinski definition) is 2. The first kappa shape index (κ1) is 18.2. The second-order valence-electron chi connectivity index (χ2n) is 6.99. The maximum atomic E-state index is 13.2. The summed E-state index contributed by atoms with van der Waals surface area (Å²) in [4.78, 5) is 38.0. The normalized spacial score (nSPS) is 20.1. The molecule has 0 fully saturated rings. The summed E-state index contributed by atoms with van der Waals surface area (Å²) >= 11 is 0. The Hall–Kier alpha value is -3.19. The van der Waals surface area contributed by atoms with Crippen LogP contribution in [0.2, 0.25) is 0 Å². The number of carboxylic acids is 1. The average molecular weight is 382 g/mol. The number of methoxy groups -OCH3 is 2. The average Bonchev–Trinajstić information content (AvgIpc) is 2.70. The molecular formula is C21H18O7. The van der Waals surface area contributed by atoms with Crippen molar-refractivity contribution in [2.24, 2.45) is 0 Å². The summed E-state index contributed by atoms with van der Waals surface area (Å²) in [5, 5.41) is 19.9. The van der Waals surface area contributed by atoms with Crippen molar-refractivity contribution >= 4 is 17.5 Å². The Balaban J connectivity index is 2.06. The number of aliphatic hydroxyl groups is 1. The van der Waals surface area contributed by atoms with E-state index in [4.69, 9.17) is 9.47 Å². The van der Waals surface area contributed by atoms with Gasteiger partial charge in [0.2, 0.25) is 0 Å². The van der Waals surface area contributed by atoms with Crippen LogP contribution in [0, 0.1) is 0 Å². The molecular weight excluding hydrogens is 364 g/mol. The Kier molecular flexibility index (Phi) is 4.01. The number of ether oxygens (including phenoxy) is 2. The molecule has 28 heavy (non-hydrogen) atoms. The zero-order valence-corrected chi connectivity index (χ0v) is 15.4. The van der Waals surface area contributed by atoms with Gasteiger partial charge in [-0.15, -0.1) is 0 Å². The number of carbonyl (C=O) groups excluding carboxylic acids is 2. The van der Waals surface area contributed by atoms with Gasteiger partial charge in [0.15, 0.2) is 17.2 Å². The molecule has 2 aliphatic carbocycles. The van der Waals surface area contributed by atoms with Crippen LogP contribution in [0.5, 0.6) is 11.5 Å². The summed E-state index contributed by atoms with van der Waals surface area (Å²) in [6, 6.07) is 6.51. The Morgan fingerprint density at radius 1 is 0.964 bits per heavy atom. The number of aliphatic carboxylic acids is 1. The van der Waals surface area contributed by atoms with Crippen LogP contribution in [0.15, 0.2) is 24.3 Å². The van der Waals surface area contributed by atoms with Crippen LogP contribution in [0.1, 0.15) is 49.4 Å². The Bertz CT molecular complexity index is 1050. The fraction of sp³-hybridized carbons (Fsp3) is 0.286. The van der Waals surface area contributed by atoms with Gasteiger partial charge in [0.25, 0.3) is 0 Å². The third kappa shape index (κ3) is 2.29. The minimum absolute atomic E-state index is 0.0354. The molecule has 2 aliphatic rings. The molecule has 7 heteroatoms. The molecule has 0 spiro atoms. The van der Waals surface area contributed by atoms with Crippen molar-refractivity contribution < 1.29 is 34.1 Å². The van der Waals surface area contributed by atoms with E-state index in [1.54, 1.807) is 24.3 Å². The third-order valence-electron chi connectivity index (χ3n) is 5.55. The van der Waals surface area contributed by atoms with E-state index < -0.39 is 17.4 Å². The van der Waals surface area contributed by atoms with Crippen LogP contribution >= 0.6 is 0 Å². The Morgan fingerprint density at radius 3 is 1.93 bits per heavy atom. The molecule has 7 nitrogen and oxygen atoms in total. The first-order chi connectivity index (χ1) is 13.3. The Labute approximate surface area is 160 Å². The van der Waals surface area contributed by atoms with E-state index in [2.05, 4.69) is 0 Å². The number of carboxylic acid groups (broad SMARTS) is 1. The molecule has 0 radical (unpaired) electrons. The van der Waals surface area contributed by atoms with Crippen molar-refractivity contribution in [1.82, 2.24) is 0 Å². The summed E-state index contributed by atoms with van der Waals surface area (Å²) < 4.78 is 11.0. The molecule has 0 bridgehead atoms. The van der Waals surface area contributed by atoms with Gasteiger partial charge in [-0.05, 0) is 12.8 Å². The summed E-state index contributed by atoms with van der Waals surface area (Å²) in [6.45, 7) is 0. The largest absolute Gasteiger partial charge is 0.496 e. The highest BCUT2D eigenvalue weighted by molar-refractivity contribution is 6.30. The van der Waals surface area contributed by atoms with E-state index in [1.807, 2.05) is 0 Å². The van der Waals surface area contributed by atoms with Gasteiger partial charge >= 0.3 is 5.97 Å². The number of fused-ring (bicyclic) bond motifs is 3. The molecule has 4 rings (SSSR count). The predicted molar refractivity (Wildman–Crippen MR) is 97.5 cm³/mol. The molecule has 1 unspecified atom stereocenters. The molecule has 0 saturated carbocycles. The van der Waals surface area contributed by atoms with Gasteiger partial charge in [-0.1, -0.05) is 24.3 Å². The second kappa shape index (κ2) is 6.17. The molecule has 0 saturated heterocycles. The van der Waals surface area contributed by atoms with Crippen LogP contribution in [0.25, 0.3) is 0 Å². The first-order valence-electron chi connectivity index (χ1n) is 8.78. The van der Waals surface area contributed by atoms with Crippen molar-refractivity contribution in [3.63, 3.8) is 0 Å².